The van der Waals surface area contributed by atoms with Crippen molar-refractivity contribution in [3.05, 3.63) is 82.3 Å². The Bertz CT molecular complexity index is 1050. The van der Waals surface area contributed by atoms with Gasteiger partial charge in [-0.2, -0.15) is 0 Å². The first-order valence-electron chi connectivity index (χ1n) is 9.05. The molecule has 2 atom stereocenters. The number of methoxy groups -OCH3 is 1. The van der Waals surface area contributed by atoms with Gasteiger partial charge in [0, 0.05) is 29.4 Å². The number of hydrogen-bond donors (Lipinski definition) is 0. The Labute approximate surface area is 171 Å². The summed E-state index contributed by atoms with van der Waals surface area (Å²) in [6.07, 6.45) is 3.30. The third kappa shape index (κ3) is 3.56. The molecule has 0 aliphatic carbocycles. The second-order valence-corrected chi connectivity index (χ2v) is 7.67. The van der Waals surface area contributed by atoms with Crippen LogP contribution in [0.3, 0.4) is 0 Å². The number of likely N-dealkylation sites (tertiary alicyclic amines) is 1. The van der Waals surface area contributed by atoms with Crippen molar-refractivity contribution in [1.29, 1.82) is 0 Å². The van der Waals surface area contributed by atoms with Crippen LogP contribution in [0.2, 0.25) is 0 Å². The summed E-state index contributed by atoms with van der Waals surface area (Å²) in [7, 11) is 1.51. The highest BCUT2D eigenvalue weighted by molar-refractivity contribution is 7.10. The minimum absolute atomic E-state index is 0.211. The molecule has 3 aromatic rings. The van der Waals surface area contributed by atoms with Crippen LogP contribution in [0.4, 0.5) is 0 Å². The van der Waals surface area contributed by atoms with E-state index in [0.717, 1.165) is 10.4 Å². The number of Topliss-reactive ketones (excluding diaryl/α,β-unsaturated/α-hetero) is 2. The van der Waals surface area contributed by atoms with E-state index in [-0.39, 0.29) is 12.3 Å². The number of amides is 1. The molecule has 2 aromatic heterocycles. The number of hydrogen-bond acceptors (Lipinski definition) is 6. The maximum atomic E-state index is 13.3. The fourth-order valence-corrected chi connectivity index (χ4v) is 4.45. The Hall–Kier alpha value is -3.32. The Kier molecular flexibility index (Phi) is 5.22. The van der Waals surface area contributed by atoms with Gasteiger partial charge in [0.25, 0.3) is 5.91 Å². The third-order valence-corrected chi connectivity index (χ3v) is 5.90. The molecular formula is C22H18N2O4S. The van der Waals surface area contributed by atoms with E-state index in [1.807, 2.05) is 23.6 Å². The molecule has 0 bridgehead atoms. The minimum Gasteiger partial charge on any atom is -0.497 e. The second kappa shape index (κ2) is 7.97. The summed E-state index contributed by atoms with van der Waals surface area (Å²) in [5.74, 6) is -2.28. The number of ketones is 2. The molecule has 146 valence electrons. The van der Waals surface area contributed by atoms with Crippen LogP contribution in [0.1, 0.15) is 26.8 Å². The number of carbonyl (C=O) groups excluding carboxylic acids is 3. The number of ether oxygens (including phenoxy) is 1. The lowest BCUT2D eigenvalue weighted by Gasteiger charge is -2.26. The molecule has 1 aliphatic rings. The Morgan fingerprint density at radius 2 is 2.03 bits per heavy atom. The first kappa shape index (κ1) is 19.0. The second-order valence-electron chi connectivity index (χ2n) is 6.69. The van der Waals surface area contributed by atoms with Crippen LogP contribution in [0.15, 0.2) is 66.3 Å². The van der Waals surface area contributed by atoms with Gasteiger partial charge in [0.2, 0.25) is 5.78 Å². The third-order valence-electron chi connectivity index (χ3n) is 4.95. The number of benzene rings is 1. The van der Waals surface area contributed by atoms with Crippen LogP contribution in [0.5, 0.6) is 5.75 Å². The van der Waals surface area contributed by atoms with Gasteiger partial charge < -0.3 is 9.64 Å². The van der Waals surface area contributed by atoms with E-state index < -0.39 is 23.7 Å². The van der Waals surface area contributed by atoms with Crippen LogP contribution < -0.4 is 4.74 Å². The number of aromatic nitrogens is 1. The van der Waals surface area contributed by atoms with Crippen LogP contribution in [-0.4, -0.2) is 34.5 Å². The van der Waals surface area contributed by atoms with Gasteiger partial charge in [-0.15, -0.1) is 11.3 Å². The van der Waals surface area contributed by atoms with Crippen molar-refractivity contribution in [1.82, 2.24) is 9.88 Å². The van der Waals surface area contributed by atoms with Crippen molar-refractivity contribution in [3.8, 4) is 5.75 Å². The number of pyridine rings is 1. The SMILES string of the molecule is COc1cccc(C(=O)C2C(=O)C(=O)N(Cc3cccnc3)C2c2cccs2)c1. The largest absolute Gasteiger partial charge is 0.497 e. The van der Waals surface area contributed by atoms with Crippen LogP contribution in [0, 0.1) is 5.92 Å². The van der Waals surface area contributed by atoms with Crippen molar-refractivity contribution in [2.24, 2.45) is 5.92 Å². The summed E-state index contributed by atoms with van der Waals surface area (Å²) in [4.78, 5) is 45.5. The lowest BCUT2D eigenvalue weighted by molar-refractivity contribution is -0.141. The molecule has 1 aliphatic heterocycles. The number of carbonyl (C=O) groups is 3. The summed E-state index contributed by atoms with van der Waals surface area (Å²) in [5.41, 5.74) is 1.14. The Morgan fingerprint density at radius 3 is 2.72 bits per heavy atom. The van der Waals surface area contributed by atoms with E-state index in [0.29, 0.717) is 11.3 Å². The highest BCUT2D eigenvalue weighted by Crippen LogP contribution is 2.41. The van der Waals surface area contributed by atoms with E-state index in [2.05, 4.69) is 4.98 Å². The Morgan fingerprint density at radius 1 is 1.17 bits per heavy atom. The molecule has 2 unspecified atom stereocenters. The summed E-state index contributed by atoms with van der Waals surface area (Å²) >= 11 is 1.42. The molecule has 0 radical (unpaired) electrons. The van der Waals surface area contributed by atoms with Crippen LogP contribution in [0.25, 0.3) is 0 Å². The predicted molar refractivity (Wildman–Crippen MR) is 108 cm³/mol. The fourth-order valence-electron chi connectivity index (χ4n) is 3.58. The fraction of sp³-hybridized carbons (Fsp3) is 0.182. The number of thiophene rings is 1. The topological polar surface area (TPSA) is 76.6 Å². The molecule has 0 spiro atoms. The first-order chi connectivity index (χ1) is 14.1. The Balaban J connectivity index is 1.74. The molecule has 6 nitrogen and oxygen atoms in total. The van der Waals surface area contributed by atoms with Crippen molar-refractivity contribution in [2.75, 3.05) is 7.11 Å². The van der Waals surface area contributed by atoms with Crippen molar-refractivity contribution >= 4 is 28.8 Å². The molecule has 3 heterocycles. The lowest BCUT2D eigenvalue weighted by Crippen LogP contribution is -2.29. The summed E-state index contributed by atoms with van der Waals surface area (Å²) < 4.78 is 5.20. The van der Waals surface area contributed by atoms with E-state index in [4.69, 9.17) is 4.74 Å². The molecule has 1 amide bonds. The van der Waals surface area contributed by atoms with Crippen LogP contribution in [-0.2, 0) is 16.1 Å². The molecule has 1 aromatic carbocycles. The molecule has 0 saturated carbocycles. The maximum absolute atomic E-state index is 13.3. The average Bonchev–Trinajstić information content (AvgIpc) is 3.37. The lowest BCUT2D eigenvalue weighted by atomic mass is 9.89. The van der Waals surface area contributed by atoms with Gasteiger partial charge in [0.15, 0.2) is 5.78 Å². The standard InChI is InChI=1S/C22H18N2O4S/c1-28-16-7-2-6-15(11-16)20(25)18-19(17-8-4-10-29-17)24(22(27)21(18)26)13-14-5-3-9-23-12-14/h2-12,18-19H,13H2,1H3. The number of rotatable bonds is 6. The van der Waals surface area contributed by atoms with E-state index >= 15 is 0 Å². The molecule has 29 heavy (non-hydrogen) atoms. The number of nitrogens with zero attached hydrogens (tertiary/aromatic N) is 2. The molecule has 0 N–H and O–H groups in total. The van der Waals surface area contributed by atoms with Gasteiger partial charge >= 0.3 is 0 Å². The molecule has 1 fully saturated rings. The average molecular weight is 406 g/mol. The zero-order valence-corrected chi connectivity index (χ0v) is 16.5. The predicted octanol–water partition coefficient (Wildman–Crippen LogP) is 3.30. The summed E-state index contributed by atoms with van der Waals surface area (Å²) in [6.45, 7) is 0.211. The van der Waals surface area contributed by atoms with E-state index in [1.54, 1.807) is 42.7 Å². The minimum atomic E-state index is -1.09. The first-order valence-corrected chi connectivity index (χ1v) is 9.93. The zero-order chi connectivity index (χ0) is 20.4. The van der Waals surface area contributed by atoms with Gasteiger partial charge in [-0.1, -0.05) is 24.3 Å². The van der Waals surface area contributed by atoms with Crippen molar-refractivity contribution in [2.45, 2.75) is 12.6 Å². The quantitative estimate of drug-likeness (QED) is 0.357. The zero-order valence-electron chi connectivity index (χ0n) is 15.6. The highest BCUT2D eigenvalue weighted by Gasteiger charge is 2.52. The van der Waals surface area contributed by atoms with Gasteiger partial charge in [-0.25, -0.2) is 0 Å². The summed E-state index contributed by atoms with van der Waals surface area (Å²) in [5, 5.41) is 1.87. The van der Waals surface area contributed by atoms with Crippen molar-refractivity contribution in [3.63, 3.8) is 0 Å². The smallest absolute Gasteiger partial charge is 0.291 e. The van der Waals surface area contributed by atoms with Gasteiger partial charge in [0.1, 0.15) is 11.7 Å². The monoisotopic (exact) mass is 406 g/mol. The van der Waals surface area contributed by atoms with E-state index in [1.165, 1.54) is 23.3 Å². The summed E-state index contributed by atoms with van der Waals surface area (Å²) in [6, 6.07) is 13.3. The van der Waals surface area contributed by atoms with Gasteiger partial charge in [-0.05, 0) is 35.2 Å². The van der Waals surface area contributed by atoms with E-state index in [9.17, 15) is 14.4 Å². The van der Waals surface area contributed by atoms with Gasteiger partial charge in [-0.3, -0.25) is 19.4 Å². The highest BCUT2D eigenvalue weighted by atomic mass is 32.1. The van der Waals surface area contributed by atoms with Crippen molar-refractivity contribution < 1.29 is 19.1 Å². The molecule has 7 heteroatoms. The van der Waals surface area contributed by atoms with Crippen LogP contribution >= 0.6 is 11.3 Å². The molecular weight excluding hydrogens is 388 g/mol. The normalized spacial score (nSPS) is 18.9. The molecule has 1 saturated heterocycles. The van der Waals surface area contributed by atoms with Gasteiger partial charge in [0.05, 0.1) is 13.2 Å². The molecule has 4 rings (SSSR count). The maximum Gasteiger partial charge on any atom is 0.291 e.